The zero-order chi connectivity index (χ0) is 32.6. The first-order valence-electron chi connectivity index (χ1n) is 17.7. The average molecular weight is 624 g/mol. The first kappa shape index (κ1) is 32.7. The smallest absolute Gasteiger partial charge is 0.309 e. The van der Waals surface area contributed by atoms with Gasteiger partial charge >= 0.3 is 11.9 Å². The molecule has 9 unspecified atom stereocenters. The van der Waals surface area contributed by atoms with Crippen molar-refractivity contribution in [2.24, 2.45) is 58.3 Å². The van der Waals surface area contributed by atoms with Gasteiger partial charge in [0.15, 0.2) is 5.78 Å². The molecular formula is C37H57N3O5. The number of carbonyl (C=O) groups is 3. The average Bonchev–Trinajstić information content (AvgIpc) is 3.59. The summed E-state index contributed by atoms with van der Waals surface area (Å²) in [4.78, 5) is 37.6. The van der Waals surface area contributed by atoms with Gasteiger partial charge in [-0.1, -0.05) is 34.1 Å². The number of ketones is 1. The summed E-state index contributed by atoms with van der Waals surface area (Å²) in [5.41, 5.74) is -0.00627. The van der Waals surface area contributed by atoms with E-state index in [2.05, 4.69) is 38.1 Å². The van der Waals surface area contributed by atoms with Gasteiger partial charge in [-0.05, 0) is 118 Å². The van der Waals surface area contributed by atoms with Crippen LogP contribution in [0.2, 0.25) is 0 Å². The number of esters is 1. The van der Waals surface area contributed by atoms with Crippen LogP contribution < -0.4 is 5.32 Å². The molecule has 2 N–H and O–H groups in total. The van der Waals surface area contributed by atoms with E-state index in [1.807, 2.05) is 13.2 Å². The van der Waals surface area contributed by atoms with E-state index < -0.39 is 11.4 Å². The van der Waals surface area contributed by atoms with E-state index in [0.717, 1.165) is 31.6 Å². The molecule has 45 heavy (non-hydrogen) atoms. The number of carbonyl (C=O) groups excluding carboxylic acids is 2. The summed E-state index contributed by atoms with van der Waals surface area (Å²) in [5.74, 6) is 1.98. The maximum atomic E-state index is 13.0. The number of aliphatic carboxylic acids is 1. The van der Waals surface area contributed by atoms with Gasteiger partial charge in [-0.2, -0.15) is 5.10 Å². The second kappa shape index (κ2) is 11.2. The first-order chi connectivity index (χ1) is 21.0. The van der Waals surface area contributed by atoms with Crippen molar-refractivity contribution in [2.75, 3.05) is 6.54 Å². The van der Waals surface area contributed by atoms with E-state index in [1.165, 1.54) is 44.9 Å². The van der Waals surface area contributed by atoms with E-state index in [-0.39, 0.29) is 40.6 Å². The highest BCUT2D eigenvalue weighted by molar-refractivity contribution is 5.97. The molecule has 0 bridgehead atoms. The summed E-state index contributed by atoms with van der Waals surface area (Å²) in [5, 5.41) is 17.6. The van der Waals surface area contributed by atoms with Crippen LogP contribution in [0.15, 0.2) is 12.4 Å². The Bertz CT molecular complexity index is 1330. The van der Waals surface area contributed by atoms with Crippen LogP contribution in [0.5, 0.6) is 0 Å². The van der Waals surface area contributed by atoms with Gasteiger partial charge < -0.3 is 15.2 Å². The number of aryl methyl sites for hydroxylation is 1. The maximum Gasteiger partial charge on any atom is 0.309 e. The number of nitrogens with zero attached hydrogens (tertiary/aromatic N) is 2. The molecule has 5 saturated carbocycles. The van der Waals surface area contributed by atoms with Crippen LogP contribution in [-0.2, 0) is 21.4 Å². The molecule has 250 valence electrons. The molecule has 1 aromatic rings. The Morgan fingerprint density at radius 2 is 1.69 bits per heavy atom. The fourth-order valence-electron chi connectivity index (χ4n) is 12.3. The second-order valence-corrected chi connectivity index (χ2v) is 17.6. The molecule has 0 amide bonds. The molecule has 9 atom stereocenters. The zero-order valence-corrected chi connectivity index (χ0v) is 28.8. The first-order valence-corrected chi connectivity index (χ1v) is 17.7. The minimum Gasteiger partial charge on any atom is -0.481 e. The number of carboxylic acid groups (broad SMARTS) is 1. The van der Waals surface area contributed by atoms with E-state index in [1.54, 1.807) is 24.7 Å². The van der Waals surface area contributed by atoms with Crippen LogP contribution >= 0.6 is 0 Å². The molecule has 5 aliphatic carbocycles. The number of hydrogen-bond donors (Lipinski definition) is 2. The highest BCUT2D eigenvalue weighted by atomic mass is 16.5. The maximum absolute atomic E-state index is 13.0. The fourth-order valence-corrected chi connectivity index (χ4v) is 12.3. The van der Waals surface area contributed by atoms with Crippen LogP contribution in [0.25, 0.3) is 0 Å². The van der Waals surface area contributed by atoms with Gasteiger partial charge in [-0.3, -0.25) is 19.1 Å². The number of ether oxygens (including phenoxy) is 1. The Hall–Kier alpha value is -2.22. The van der Waals surface area contributed by atoms with Crippen LogP contribution in [0, 0.1) is 51.2 Å². The number of Topliss-reactive ketones (excluding diaryl/α,β-unsaturated/α-hetero) is 1. The molecule has 8 heteroatoms. The van der Waals surface area contributed by atoms with Crippen molar-refractivity contribution in [3.8, 4) is 0 Å². The number of nitrogens with one attached hydrogen (secondary N) is 1. The minimum absolute atomic E-state index is 0.0858. The van der Waals surface area contributed by atoms with Crippen LogP contribution in [0.3, 0.4) is 0 Å². The Morgan fingerprint density at radius 1 is 0.956 bits per heavy atom. The van der Waals surface area contributed by atoms with E-state index in [4.69, 9.17) is 4.74 Å². The quantitative estimate of drug-likeness (QED) is 0.241. The van der Waals surface area contributed by atoms with Gasteiger partial charge in [-0.15, -0.1) is 0 Å². The Labute approximate surface area is 269 Å². The lowest BCUT2D eigenvalue weighted by atomic mass is 9.36. The summed E-state index contributed by atoms with van der Waals surface area (Å²) in [6, 6.07) is 0. The van der Waals surface area contributed by atoms with Crippen LogP contribution in [-0.4, -0.2) is 50.8 Å². The largest absolute Gasteiger partial charge is 0.481 e. The van der Waals surface area contributed by atoms with E-state index >= 15 is 0 Å². The van der Waals surface area contributed by atoms with Crippen LogP contribution in [0.4, 0.5) is 0 Å². The highest BCUT2D eigenvalue weighted by Crippen LogP contribution is 2.72. The molecule has 0 radical (unpaired) electrons. The topological polar surface area (TPSA) is 111 Å². The Morgan fingerprint density at radius 3 is 2.38 bits per heavy atom. The summed E-state index contributed by atoms with van der Waals surface area (Å²) in [6.07, 6.45) is 16.2. The lowest BCUT2D eigenvalue weighted by Crippen LogP contribution is -2.65. The van der Waals surface area contributed by atoms with Gasteiger partial charge in [0.1, 0.15) is 6.10 Å². The second-order valence-electron chi connectivity index (χ2n) is 17.6. The third kappa shape index (κ3) is 5.29. The number of aromatic nitrogens is 2. The van der Waals surface area contributed by atoms with Gasteiger partial charge in [-0.25, -0.2) is 0 Å². The number of rotatable bonds is 8. The summed E-state index contributed by atoms with van der Waals surface area (Å²) in [6.45, 7) is 13.4. The van der Waals surface area contributed by atoms with Crippen molar-refractivity contribution in [3.05, 3.63) is 18.0 Å². The molecule has 1 heterocycles. The van der Waals surface area contributed by atoms with Crippen molar-refractivity contribution in [3.63, 3.8) is 0 Å². The van der Waals surface area contributed by atoms with Crippen molar-refractivity contribution in [1.82, 2.24) is 15.1 Å². The van der Waals surface area contributed by atoms with Crippen molar-refractivity contribution < 1.29 is 24.2 Å². The lowest BCUT2D eigenvalue weighted by Gasteiger charge is -2.69. The fraction of sp³-hybridized carbons (Fsp3) is 0.838. The SMILES string of the molecule is Cn1cc(C(=O)CNC23CCCC2C2CCC4C(C)(CCC5C(C)(C)C(OC(=O)CC(C)(C)C(=O)O)CCC54C)C2CC3)cn1. The molecule has 0 spiro atoms. The lowest BCUT2D eigenvalue weighted by molar-refractivity contribution is -0.220. The monoisotopic (exact) mass is 623 g/mol. The Kier molecular flexibility index (Phi) is 8.14. The predicted molar refractivity (Wildman–Crippen MR) is 172 cm³/mol. The summed E-state index contributed by atoms with van der Waals surface area (Å²) in [7, 11) is 1.86. The minimum atomic E-state index is -1.13. The molecule has 0 saturated heterocycles. The molecule has 5 aliphatic rings. The van der Waals surface area contributed by atoms with Crippen LogP contribution in [0.1, 0.15) is 129 Å². The Balaban J connectivity index is 1.16. The third-order valence-electron chi connectivity index (χ3n) is 14.5. The van der Waals surface area contributed by atoms with Gasteiger partial charge in [0, 0.05) is 24.2 Å². The van der Waals surface area contributed by atoms with E-state index in [0.29, 0.717) is 41.2 Å². The van der Waals surface area contributed by atoms with E-state index in [9.17, 15) is 19.5 Å². The van der Waals surface area contributed by atoms with Crippen molar-refractivity contribution in [1.29, 1.82) is 0 Å². The van der Waals surface area contributed by atoms with Gasteiger partial charge in [0.25, 0.3) is 0 Å². The predicted octanol–water partition coefficient (Wildman–Crippen LogP) is 6.82. The molecule has 8 nitrogen and oxygen atoms in total. The summed E-state index contributed by atoms with van der Waals surface area (Å²) >= 11 is 0. The number of fused-ring (bicyclic) bond motifs is 7. The van der Waals surface area contributed by atoms with Crippen molar-refractivity contribution >= 4 is 17.7 Å². The van der Waals surface area contributed by atoms with Crippen molar-refractivity contribution in [2.45, 2.75) is 130 Å². The normalized spacial score (nSPS) is 40.4. The highest BCUT2D eigenvalue weighted by Gasteiger charge is 2.66. The molecule has 0 aliphatic heterocycles. The molecule has 5 fully saturated rings. The molecule has 6 rings (SSSR count). The zero-order valence-electron chi connectivity index (χ0n) is 28.8. The summed E-state index contributed by atoms with van der Waals surface area (Å²) < 4.78 is 7.82. The van der Waals surface area contributed by atoms with Gasteiger partial charge in [0.2, 0.25) is 0 Å². The van der Waals surface area contributed by atoms with Gasteiger partial charge in [0.05, 0.1) is 30.1 Å². The number of hydrogen-bond acceptors (Lipinski definition) is 6. The number of carboxylic acids is 1. The molecule has 1 aromatic heterocycles. The third-order valence-corrected chi connectivity index (χ3v) is 14.5. The molecular weight excluding hydrogens is 566 g/mol. The molecule has 0 aromatic carbocycles. The standard InChI is InChI=1S/C37H57N3O5/c1-33(2,32(43)44)19-31(42)45-30-14-17-36(6)28(34(30,3)4)13-16-35(5)25-12-18-37(38-21-27(41)23-20-39-40(7)22-23)15-8-9-26(37)24(25)10-11-29(35)36/h20,22,24-26,28-30,38H,8-19,21H2,1-7H3,(H,43,44).